The molecule has 0 radical (unpaired) electrons. The van der Waals surface area contributed by atoms with E-state index in [1.165, 1.54) is 6.33 Å². The standard InChI is InChI=1S/C7H13N3O2/c1-7(2,12-3)10-5-8-6(4-11)9-10/h5,11H,4H2,1-3H3. The molecular formula is C7H13N3O2. The molecule has 1 N–H and O–H groups in total. The fourth-order valence-corrected chi connectivity index (χ4v) is 0.723. The van der Waals surface area contributed by atoms with Crippen molar-refractivity contribution in [2.45, 2.75) is 26.2 Å². The largest absolute Gasteiger partial charge is 0.388 e. The number of hydrogen-bond donors (Lipinski definition) is 1. The number of methoxy groups -OCH3 is 1. The summed E-state index contributed by atoms with van der Waals surface area (Å²) >= 11 is 0. The topological polar surface area (TPSA) is 60.2 Å². The highest BCUT2D eigenvalue weighted by atomic mass is 16.5. The Hall–Kier alpha value is -0.940. The molecular weight excluding hydrogens is 158 g/mol. The Morgan fingerprint density at radius 2 is 2.33 bits per heavy atom. The van der Waals surface area contributed by atoms with Gasteiger partial charge in [-0.05, 0) is 13.8 Å². The van der Waals surface area contributed by atoms with E-state index in [9.17, 15) is 0 Å². The van der Waals surface area contributed by atoms with Crippen molar-refractivity contribution >= 4 is 0 Å². The van der Waals surface area contributed by atoms with Crippen LogP contribution in [0.3, 0.4) is 0 Å². The fourth-order valence-electron chi connectivity index (χ4n) is 0.723. The molecule has 0 aliphatic carbocycles. The predicted octanol–water partition coefficient (Wildman–Crippen LogP) is 0.109. The van der Waals surface area contributed by atoms with Crippen molar-refractivity contribution in [1.29, 1.82) is 0 Å². The Morgan fingerprint density at radius 1 is 1.67 bits per heavy atom. The maximum Gasteiger partial charge on any atom is 0.176 e. The number of rotatable bonds is 3. The number of aliphatic hydroxyl groups is 1. The van der Waals surface area contributed by atoms with Gasteiger partial charge in [-0.3, -0.25) is 0 Å². The molecule has 0 unspecified atom stereocenters. The lowest BCUT2D eigenvalue weighted by Gasteiger charge is -2.22. The Kier molecular flexibility index (Phi) is 2.44. The molecule has 1 rings (SSSR count). The Labute approximate surface area is 71.0 Å². The molecule has 0 aliphatic heterocycles. The Bertz CT molecular complexity index is 257. The maximum absolute atomic E-state index is 8.71. The van der Waals surface area contributed by atoms with Crippen molar-refractivity contribution in [3.8, 4) is 0 Å². The smallest absolute Gasteiger partial charge is 0.176 e. The van der Waals surface area contributed by atoms with Crippen LogP contribution >= 0.6 is 0 Å². The lowest BCUT2D eigenvalue weighted by Crippen LogP contribution is -2.28. The van der Waals surface area contributed by atoms with Crippen LogP contribution in [0.25, 0.3) is 0 Å². The summed E-state index contributed by atoms with van der Waals surface area (Å²) in [6.07, 6.45) is 1.54. The van der Waals surface area contributed by atoms with Crippen molar-refractivity contribution < 1.29 is 9.84 Å². The normalized spacial score (nSPS) is 12.0. The first kappa shape index (κ1) is 9.15. The predicted molar refractivity (Wildman–Crippen MR) is 42.3 cm³/mol. The summed E-state index contributed by atoms with van der Waals surface area (Å²) in [5, 5.41) is 12.7. The number of ether oxygens (including phenoxy) is 1. The molecule has 0 saturated carbocycles. The molecule has 1 aromatic rings. The number of aromatic nitrogens is 3. The molecule has 0 atom stereocenters. The van der Waals surface area contributed by atoms with E-state index in [2.05, 4.69) is 10.1 Å². The second kappa shape index (κ2) is 3.20. The quantitative estimate of drug-likeness (QED) is 0.701. The molecule has 1 aromatic heterocycles. The van der Waals surface area contributed by atoms with Gasteiger partial charge in [0.25, 0.3) is 0 Å². The van der Waals surface area contributed by atoms with Gasteiger partial charge in [0, 0.05) is 7.11 Å². The number of hydrogen-bond acceptors (Lipinski definition) is 4. The van der Waals surface area contributed by atoms with Gasteiger partial charge in [0.05, 0.1) is 0 Å². The van der Waals surface area contributed by atoms with Gasteiger partial charge in [-0.2, -0.15) is 5.10 Å². The second-order valence-corrected chi connectivity index (χ2v) is 2.91. The van der Waals surface area contributed by atoms with E-state index < -0.39 is 5.72 Å². The first-order valence-electron chi connectivity index (χ1n) is 3.67. The van der Waals surface area contributed by atoms with Crippen LogP contribution < -0.4 is 0 Å². The maximum atomic E-state index is 8.71. The number of aliphatic hydroxyl groups excluding tert-OH is 1. The molecule has 5 heteroatoms. The summed E-state index contributed by atoms with van der Waals surface area (Å²) in [7, 11) is 1.60. The molecule has 68 valence electrons. The van der Waals surface area contributed by atoms with Crippen molar-refractivity contribution in [3.05, 3.63) is 12.2 Å². The molecule has 0 saturated heterocycles. The zero-order chi connectivity index (χ0) is 9.19. The van der Waals surface area contributed by atoms with Gasteiger partial charge in [0.2, 0.25) is 0 Å². The van der Waals surface area contributed by atoms with E-state index in [1.807, 2.05) is 13.8 Å². The summed E-state index contributed by atoms with van der Waals surface area (Å²) in [5.74, 6) is 0.403. The van der Waals surface area contributed by atoms with E-state index in [4.69, 9.17) is 9.84 Å². The average Bonchev–Trinajstić information content (AvgIpc) is 2.52. The first-order chi connectivity index (χ1) is 5.60. The third kappa shape index (κ3) is 1.62. The summed E-state index contributed by atoms with van der Waals surface area (Å²) in [4.78, 5) is 3.87. The first-order valence-corrected chi connectivity index (χ1v) is 3.67. The van der Waals surface area contributed by atoms with Crippen LogP contribution in [0.5, 0.6) is 0 Å². The molecule has 0 spiro atoms. The monoisotopic (exact) mass is 171 g/mol. The van der Waals surface area contributed by atoms with Crippen LogP contribution in [0, 0.1) is 0 Å². The van der Waals surface area contributed by atoms with Crippen molar-refractivity contribution in [1.82, 2.24) is 14.8 Å². The van der Waals surface area contributed by atoms with Crippen LogP contribution in [0.2, 0.25) is 0 Å². The zero-order valence-electron chi connectivity index (χ0n) is 7.48. The van der Waals surface area contributed by atoms with E-state index in [-0.39, 0.29) is 6.61 Å². The molecule has 5 nitrogen and oxygen atoms in total. The van der Waals surface area contributed by atoms with Gasteiger partial charge in [-0.15, -0.1) is 0 Å². The summed E-state index contributed by atoms with van der Waals surface area (Å²) in [5.41, 5.74) is -0.513. The van der Waals surface area contributed by atoms with E-state index in [0.717, 1.165) is 0 Å². The van der Waals surface area contributed by atoms with Crippen molar-refractivity contribution in [2.75, 3.05) is 7.11 Å². The third-order valence-corrected chi connectivity index (χ3v) is 1.73. The summed E-state index contributed by atoms with van der Waals surface area (Å²) in [6, 6.07) is 0. The minimum Gasteiger partial charge on any atom is -0.388 e. The van der Waals surface area contributed by atoms with Gasteiger partial charge in [0.1, 0.15) is 12.9 Å². The van der Waals surface area contributed by atoms with E-state index >= 15 is 0 Å². The van der Waals surface area contributed by atoms with Crippen LogP contribution in [0.1, 0.15) is 19.7 Å². The van der Waals surface area contributed by atoms with Crippen molar-refractivity contribution in [3.63, 3.8) is 0 Å². The highest BCUT2D eigenvalue weighted by Crippen LogP contribution is 2.12. The molecule has 12 heavy (non-hydrogen) atoms. The molecule has 1 heterocycles. The Balaban J connectivity index is 2.88. The molecule has 0 aromatic carbocycles. The molecule has 0 bridgehead atoms. The van der Waals surface area contributed by atoms with Gasteiger partial charge < -0.3 is 9.84 Å². The van der Waals surface area contributed by atoms with Crippen LogP contribution in [0.15, 0.2) is 6.33 Å². The van der Waals surface area contributed by atoms with Gasteiger partial charge in [-0.25, -0.2) is 9.67 Å². The average molecular weight is 171 g/mol. The number of nitrogens with zero attached hydrogens (tertiary/aromatic N) is 3. The fraction of sp³-hybridized carbons (Fsp3) is 0.714. The van der Waals surface area contributed by atoms with Crippen molar-refractivity contribution in [2.24, 2.45) is 0 Å². The molecule has 0 amide bonds. The minimum atomic E-state index is -0.513. The highest BCUT2D eigenvalue weighted by Gasteiger charge is 2.19. The minimum absolute atomic E-state index is 0.146. The molecule has 0 aliphatic rings. The second-order valence-electron chi connectivity index (χ2n) is 2.91. The third-order valence-electron chi connectivity index (χ3n) is 1.73. The van der Waals surface area contributed by atoms with E-state index in [1.54, 1.807) is 11.8 Å². The molecule has 0 fully saturated rings. The Morgan fingerprint density at radius 3 is 2.75 bits per heavy atom. The summed E-state index contributed by atoms with van der Waals surface area (Å²) < 4.78 is 6.73. The zero-order valence-corrected chi connectivity index (χ0v) is 7.48. The van der Waals surface area contributed by atoms with Crippen LogP contribution in [-0.4, -0.2) is 27.0 Å². The van der Waals surface area contributed by atoms with Crippen LogP contribution in [-0.2, 0) is 17.1 Å². The van der Waals surface area contributed by atoms with Gasteiger partial charge in [0.15, 0.2) is 11.5 Å². The lowest BCUT2D eigenvalue weighted by atomic mass is 10.3. The SMILES string of the molecule is COC(C)(C)n1cnc(CO)n1. The van der Waals surface area contributed by atoms with Crippen LogP contribution in [0.4, 0.5) is 0 Å². The van der Waals surface area contributed by atoms with Gasteiger partial charge >= 0.3 is 0 Å². The van der Waals surface area contributed by atoms with E-state index in [0.29, 0.717) is 5.82 Å². The van der Waals surface area contributed by atoms with Gasteiger partial charge in [-0.1, -0.05) is 0 Å². The highest BCUT2D eigenvalue weighted by molar-refractivity contribution is 4.80. The summed E-state index contributed by atoms with van der Waals surface area (Å²) in [6.45, 7) is 3.58. The lowest BCUT2D eigenvalue weighted by molar-refractivity contribution is -0.0555.